The van der Waals surface area contributed by atoms with Gasteiger partial charge in [0.2, 0.25) is 11.8 Å². The molecule has 1 aliphatic carbocycles. The fourth-order valence-electron chi connectivity index (χ4n) is 6.50. The Morgan fingerprint density at radius 2 is 1.67 bits per heavy atom. The first kappa shape index (κ1) is 27.0. The molecule has 0 radical (unpaired) electrons. The first-order valence-corrected chi connectivity index (χ1v) is 14.3. The highest BCUT2D eigenvalue weighted by Gasteiger charge is 2.54. The maximum Gasteiger partial charge on any atom is 0.250 e. The van der Waals surface area contributed by atoms with E-state index in [9.17, 15) is 14.4 Å². The van der Waals surface area contributed by atoms with Crippen LogP contribution in [0.1, 0.15) is 50.5 Å². The van der Waals surface area contributed by atoms with Gasteiger partial charge in [-0.2, -0.15) is 0 Å². The Labute approximate surface area is 231 Å². The molecule has 8 nitrogen and oxygen atoms in total. The van der Waals surface area contributed by atoms with Gasteiger partial charge in [0.1, 0.15) is 17.8 Å². The number of anilines is 1. The van der Waals surface area contributed by atoms with Gasteiger partial charge in [0.05, 0.1) is 13.8 Å². The number of methoxy groups -OCH3 is 1. The van der Waals surface area contributed by atoms with Crippen molar-refractivity contribution in [3.8, 4) is 5.75 Å². The minimum absolute atomic E-state index is 0.0144. The predicted molar refractivity (Wildman–Crippen MR) is 150 cm³/mol. The third kappa shape index (κ3) is 5.75. The summed E-state index contributed by atoms with van der Waals surface area (Å²) in [5.74, 6) is 1.00. The van der Waals surface area contributed by atoms with Crippen molar-refractivity contribution in [1.29, 1.82) is 0 Å². The van der Waals surface area contributed by atoms with Crippen molar-refractivity contribution in [3.05, 3.63) is 60.2 Å². The average molecular weight is 533 g/mol. The molecule has 39 heavy (non-hydrogen) atoms. The van der Waals surface area contributed by atoms with E-state index in [0.29, 0.717) is 45.6 Å². The van der Waals surface area contributed by atoms with E-state index in [1.54, 1.807) is 12.0 Å². The molecule has 3 amide bonds. The van der Waals surface area contributed by atoms with Crippen molar-refractivity contribution in [2.75, 3.05) is 44.9 Å². The van der Waals surface area contributed by atoms with Gasteiger partial charge in [0, 0.05) is 31.2 Å². The van der Waals surface area contributed by atoms with E-state index >= 15 is 0 Å². The molecule has 2 aliphatic heterocycles. The molecular formula is C31H40N4O4. The van der Waals surface area contributed by atoms with Crippen molar-refractivity contribution in [3.63, 3.8) is 0 Å². The summed E-state index contributed by atoms with van der Waals surface area (Å²) in [5, 5.41) is 2.97. The van der Waals surface area contributed by atoms with Gasteiger partial charge in [-0.15, -0.1) is 0 Å². The van der Waals surface area contributed by atoms with Crippen LogP contribution in [0.4, 0.5) is 5.69 Å². The number of piperidine rings is 1. The summed E-state index contributed by atoms with van der Waals surface area (Å²) < 4.78 is 5.40. The summed E-state index contributed by atoms with van der Waals surface area (Å²) in [4.78, 5) is 45.9. The van der Waals surface area contributed by atoms with Gasteiger partial charge in [-0.25, -0.2) is 0 Å². The first-order valence-electron chi connectivity index (χ1n) is 14.3. The summed E-state index contributed by atoms with van der Waals surface area (Å²) in [6.45, 7) is 1.99. The van der Waals surface area contributed by atoms with Crippen LogP contribution in [-0.2, 0) is 20.8 Å². The van der Waals surface area contributed by atoms with Crippen LogP contribution in [0.15, 0.2) is 54.6 Å². The van der Waals surface area contributed by atoms with Gasteiger partial charge >= 0.3 is 0 Å². The standard InChI is InChI=1S/C31H40N4O4/c1-39-27-15-9-8-10-24(27)16-19-32-28(36)22-34-23-35(26-13-6-3-7-14-26)31(30(34)38)17-20-33(21-18-31)29(37)25-11-4-2-5-12-25/h3,6-10,13-15,25H,2,4-5,11-12,16-23H2,1H3,(H,32,36). The topological polar surface area (TPSA) is 82.2 Å². The summed E-state index contributed by atoms with van der Waals surface area (Å²) in [6.07, 6.45) is 7.24. The number of likely N-dealkylation sites (tertiary alicyclic amines) is 1. The third-order valence-electron chi connectivity index (χ3n) is 8.68. The number of carbonyl (C=O) groups is 3. The lowest BCUT2D eigenvalue weighted by atomic mass is 9.83. The second kappa shape index (κ2) is 12.1. The first-order chi connectivity index (χ1) is 19.0. The van der Waals surface area contributed by atoms with E-state index in [4.69, 9.17) is 4.74 Å². The van der Waals surface area contributed by atoms with E-state index in [0.717, 1.165) is 42.7 Å². The van der Waals surface area contributed by atoms with Crippen molar-refractivity contribution < 1.29 is 19.1 Å². The minimum atomic E-state index is -0.734. The van der Waals surface area contributed by atoms with Gasteiger partial charge in [-0.1, -0.05) is 55.7 Å². The summed E-state index contributed by atoms with van der Waals surface area (Å²) in [5.41, 5.74) is 1.26. The smallest absolute Gasteiger partial charge is 0.250 e. The van der Waals surface area contributed by atoms with Gasteiger partial charge < -0.3 is 24.8 Å². The molecule has 0 bridgehead atoms. The summed E-state index contributed by atoms with van der Waals surface area (Å²) in [6, 6.07) is 17.7. The number of amides is 3. The van der Waals surface area contributed by atoms with E-state index in [2.05, 4.69) is 10.2 Å². The zero-order valence-corrected chi connectivity index (χ0v) is 22.9. The fourth-order valence-corrected chi connectivity index (χ4v) is 6.50. The molecular weight excluding hydrogens is 492 g/mol. The molecule has 0 atom stereocenters. The zero-order valence-electron chi connectivity index (χ0n) is 22.9. The second-order valence-corrected chi connectivity index (χ2v) is 11.0. The molecule has 3 aliphatic rings. The molecule has 208 valence electrons. The van der Waals surface area contributed by atoms with Crippen molar-refractivity contribution >= 4 is 23.4 Å². The normalized spacial score (nSPS) is 19.4. The highest BCUT2D eigenvalue weighted by atomic mass is 16.5. The van der Waals surface area contributed by atoms with Crippen molar-refractivity contribution in [2.24, 2.45) is 5.92 Å². The molecule has 8 heteroatoms. The Kier molecular flexibility index (Phi) is 8.38. The van der Waals surface area contributed by atoms with E-state index in [1.165, 1.54) is 6.42 Å². The fraction of sp³-hybridized carbons (Fsp3) is 0.516. The van der Waals surface area contributed by atoms with Crippen LogP contribution >= 0.6 is 0 Å². The number of benzene rings is 2. The number of hydrogen-bond acceptors (Lipinski definition) is 5. The number of rotatable bonds is 8. The molecule has 2 saturated heterocycles. The van der Waals surface area contributed by atoms with Crippen LogP contribution in [0.3, 0.4) is 0 Å². The van der Waals surface area contributed by atoms with Gasteiger partial charge in [-0.05, 0) is 55.9 Å². The molecule has 1 saturated carbocycles. The second-order valence-electron chi connectivity index (χ2n) is 11.0. The van der Waals surface area contributed by atoms with Gasteiger partial charge in [-0.3, -0.25) is 14.4 Å². The molecule has 5 rings (SSSR count). The van der Waals surface area contributed by atoms with Crippen LogP contribution in [0.5, 0.6) is 5.75 Å². The Morgan fingerprint density at radius 1 is 0.974 bits per heavy atom. The molecule has 1 spiro atoms. The number of para-hydroxylation sites is 2. The minimum Gasteiger partial charge on any atom is -0.496 e. The SMILES string of the molecule is COc1ccccc1CCNC(=O)CN1CN(c2ccccc2)C2(CCN(C(=O)C3CCCCC3)CC2)C1=O. The molecule has 0 aromatic heterocycles. The van der Waals surface area contributed by atoms with Crippen LogP contribution in [-0.4, -0.2) is 73.0 Å². The number of hydrogen-bond donors (Lipinski definition) is 1. The summed E-state index contributed by atoms with van der Waals surface area (Å²) in [7, 11) is 1.64. The number of carbonyl (C=O) groups excluding carboxylic acids is 3. The number of nitrogens with zero attached hydrogens (tertiary/aromatic N) is 3. The number of ether oxygens (including phenoxy) is 1. The molecule has 3 fully saturated rings. The maximum atomic E-state index is 13.9. The number of nitrogens with one attached hydrogen (secondary N) is 1. The largest absolute Gasteiger partial charge is 0.496 e. The third-order valence-corrected chi connectivity index (χ3v) is 8.68. The van der Waals surface area contributed by atoms with Crippen molar-refractivity contribution in [2.45, 2.75) is 56.9 Å². The van der Waals surface area contributed by atoms with Crippen LogP contribution in [0, 0.1) is 5.92 Å². The lowest BCUT2D eigenvalue weighted by Crippen LogP contribution is -2.58. The highest BCUT2D eigenvalue weighted by molar-refractivity contribution is 5.96. The monoisotopic (exact) mass is 532 g/mol. The Morgan fingerprint density at radius 3 is 2.38 bits per heavy atom. The van der Waals surface area contributed by atoms with Gasteiger partial charge in [0.25, 0.3) is 5.91 Å². The van der Waals surface area contributed by atoms with Crippen molar-refractivity contribution in [1.82, 2.24) is 15.1 Å². The molecule has 0 unspecified atom stereocenters. The lowest BCUT2D eigenvalue weighted by molar-refractivity contribution is -0.142. The van der Waals surface area contributed by atoms with Gasteiger partial charge in [0.15, 0.2) is 0 Å². The van der Waals surface area contributed by atoms with Crippen LogP contribution in [0.25, 0.3) is 0 Å². The Balaban J connectivity index is 1.24. The molecule has 2 aromatic carbocycles. The molecule has 1 N–H and O–H groups in total. The predicted octanol–water partition coefficient (Wildman–Crippen LogP) is 3.60. The van der Waals surface area contributed by atoms with Crippen LogP contribution < -0.4 is 15.0 Å². The average Bonchev–Trinajstić information content (AvgIpc) is 3.24. The van der Waals surface area contributed by atoms with E-state index in [-0.39, 0.29) is 30.2 Å². The zero-order chi connectivity index (χ0) is 27.2. The molecule has 2 aromatic rings. The summed E-state index contributed by atoms with van der Waals surface area (Å²) >= 11 is 0. The van der Waals surface area contributed by atoms with Crippen LogP contribution in [0.2, 0.25) is 0 Å². The van der Waals surface area contributed by atoms with E-state index < -0.39 is 5.54 Å². The quantitative estimate of drug-likeness (QED) is 0.562. The maximum absolute atomic E-state index is 13.9. The van der Waals surface area contributed by atoms with E-state index in [1.807, 2.05) is 59.5 Å². The Bertz CT molecular complexity index is 1160. The molecule has 2 heterocycles. The Hall–Kier alpha value is -3.55. The lowest BCUT2D eigenvalue weighted by Gasteiger charge is -2.44. The highest BCUT2D eigenvalue weighted by Crippen LogP contribution is 2.40.